The van der Waals surface area contributed by atoms with E-state index in [4.69, 9.17) is 12.2 Å². The third kappa shape index (κ3) is 3.93. The molecule has 1 aliphatic rings. The number of aliphatic hydroxyl groups is 1. The molecule has 0 amide bonds. The third-order valence-corrected chi connectivity index (χ3v) is 4.98. The highest BCUT2D eigenvalue weighted by molar-refractivity contribution is 7.71. The van der Waals surface area contributed by atoms with Crippen molar-refractivity contribution in [3.63, 3.8) is 0 Å². The fourth-order valence-corrected chi connectivity index (χ4v) is 3.45. The zero-order valence-corrected chi connectivity index (χ0v) is 14.3. The van der Waals surface area contributed by atoms with Crippen LogP contribution in [0.2, 0.25) is 0 Å². The van der Waals surface area contributed by atoms with Gasteiger partial charge in [-0.3, -0.25) is 4.90 Å². The zero-order valence-electron chi connectivity index (χ0n) is 13.5. The van der Waals surface area contributed by atoms with Crippen LogP contribution in [0.25, 0.3) is 0 Å². The van der Waals surface area contributed by atoms with E-state index in [9.17, 15) is 5.11 Å². The maximum Gasteiger partial charge on any atom is 0.199 e. The van der Waals surface area contributed by atoms with E-state index in [1.165, 1.54) is 25.7 Å². The SMILES string of the molecule is CCCn1c(CO)nn(CN(C)C2CCC(C)CC2)c1=S. The molecule has 0 unspecified atom stereocenters. The van der Waals surface area contributed by atoms with Crippen molar-refractivity contribution in [2.24, 2.45) is 5.92 Å². The summed E-state index contributed by atoms with van der Waals surface area (Å²) in [5.41, 5.74) is 0. The van der Waals surface area contributed by atoms with Gasteiger partial charge in [-0.25, -0.2) is 4.68 Å². The smallest absolute Gasteiger partial charge is 0.199 e. The predicted octanol–water partition coefficient (Wildman–Crippen LogP) is 2.78. The molecule has 0 atom stereocenters. The Kier molecular flexibility index (Phi) is 5.96. The van der Waals surface area contributed by atoms with Crippen LogP contribution < -0.4 is 0 Å². The lowest BCUT2D eigenvalue weighted by Crippen LogP contribution is -2.36. The maximum absolute atomic E-state index is 9.44. The Morgan fingerprint density at radius 2 is 2.00 bits per heavy atom. The lowest BCUT2D eigenvalue weighted by atomic mass is 9.87. The van der Waals surface area contributed by atoms with Crippen LogP contribution in [-0.4, -0.2) is 37.4 Å². The highest BCUT2D eigenvalue weighted by Gasteiger charge is 2.22. The molecular formula is C15H28N4OS. The molecule has 1 aromatic heterocycles. The van der Waals surface area contributed by atoms with Gasteiger partial charge in [0.15, 0.2) is 10.6 Å². The third-order valence-electron chi connectivity index (χ3n) is 4.55. The number of hydrogen-bond acceptors (Lipinski definition) is 4. The minimum absolute atomic E-state index is 0.0543. The molecule has 1 heterocycles. The van der Waals surface area contributed by atoms with Crippen LogP contribution >= 0.6 is 12.2 Å². The fraction of sp³-hybridized carbons (Fsp3) is 0.867. The highest BCUT2D eigenvalue weighted by atomic mass is 32.1. The molecule has 0 radical (unpaired) electrons. The molecule has 6 heteroatoms. The zero-order chi connectivity index (χ0) is 15.4. The van der Waals surface area contributed by atoms with Crippen LogP contribution in [0.15, 0.2) is 0 Å². The standard InChI is InChI=1S/C15H28N4OS/c1-4-9-18-14(10-20)16-19(15(18)21)11-17(3)13-7-5-12(2)6-8-13/h12-13,20H,4-11H2,1-3H3. The van der Waals surface area contributed by atoms with E-state index < -0.39 is 0 Å². The monoisotopic (exact) mass is 312 g/mol. The van der Waals surface area contributed by atoms with E-state index in [1.807, 2.05) is 9.25 Å². The lowest BCUT2D eigenvalue weighted by molar-refractivity contribution is 0.130. The molecule has 0 saturated heterocycles. The minimum Gasteiger partial charge on any atom is -0.388 e. The molecule has 21 heavy (non-hydrogen) atoms. The highest BCUT2D eigenvalue weighted by Crippen LogP contribution is 2.26. The summed E-state index contributed by atoms with van der Waals surface area (Å²) in [6.07, 6.45) is 6.13. The summed E-state index contributed by atoms with van der Waals surface area (Å²) in [5, 5.41) is 13.9. The first-order valence-corrected chi connectivity index (χ1v) is 8.45. The summed E-state index contributed by atoms with van der Waals surface area (Å²) in [5.74, 6) is 1.54. The first kappa shape index (κ1) is 16.6. The average molecular weight is 312 g/mol. The van der Waals surface area contributed by atoms with Gasteiger partial charge >= 0.3 is 0 Å². The summed E-state index contributed by atoms with van der Waals surface area (Å²) >= 11 is 5.51. The molecule has 0 spiro atoms. The summed E-state index contributed by atoms with van der Waals surface area (Å²) in [4.78, 5) is 2.35. The molecule has 1 fully saturated rings. The van der Waals surface area contributed by atoms with E-state index >= 15 is 0 Å². The molecular weight excluding hydrogens is 284 g/mol. The number of aromatic nitrogens is 3. The van der Waals surface area contributed by atoms with Gasteiger partial charge < -0.3 is 9.67 Å². The molecule has 5 nitrogen and oxygen atoms in total. The van der Waals surface area contributed by atoms with Crippen molar-refractivity contribution in [2.75, 3.05) is 7.05 Å². The van der Waals surface area contributed by atoms with Crippen molar-refractivity contribution in [3.05, 3.63) is 10.6 Å². The first-order chi connectivity index (χ1) is 10.1. The first-order valence-electron chi connectivity index (χ1n) is 8.04. The van der Waals surface area contributed by atoms with Crippen molar-refractivity contribution in [1.82, 2.24) is 19.2 Å². The van der Waals surface area contributed by atoms with Crippen LogP contribution in [0.3, 0.4) is 0 Å². The molecule has 1 N–H and O–H groups in total. The van der Waals surface area contributed by atoms with Gasteiger partial charge in [0.1, 0.15) is 6.61 Å². The second kappa shape index (κ2) is 7.51. The van der Waals surface area contributed by atoms with Crippen molar-refractivity contribution in [2.45, 2.75) is 71.8 Å². The average Bonchev–Trinajstić information content (AvgIpc) is 2.77. The van der Waals surface area contributed by atoms with Crippen LogP contribution in [0.4, 0.5) is 0 Å². The summed E-state index contributed by atoms with van der Waals surface area (Å²) in [6.45, 7) is 5.92. The summed E-state index contributed by atoms with van der Waals surface area (Å²) in [6, 6.07) is 0.622. The van der Waals surface area contributed by atoms with E-state index in [2.05, 4.69) is 30.9 Å². The molecule has 1 saturated carbocycles. The number of nitrogens with zero attached hydrogens (tertiary/aromatic N) is 4. The Morgan fingerprint density at radius 1 is 1.33 bits per heavy atom. The van der Waals surface area contributed by atoms with E-state index in [0.717, 1.165) is 23.7 Å². The van der Waals surface area contributed by atoms with Gasteiger partial charge in [0, 0.05) is 12.6 Å². The normalized spacial score (nSPS) is 22.9. The van der Waals surface area contributed by atoms with Gasteiger partial charge in [-0.2, -0.15) is 5.10 Å². The molecule has 0 aromatic carbocycles. The fourth-order valence-electron chi connectivity index (χ4n) is 3.15. The van der Waals surface area contributed by atoms with Crippen molar-refractivity contribution >= 4 is 12.2 Å². The van der Waals surface area contributed by atoms with Crippen LogP contribution in [-0.2, 0) is 19.8 Å². The second-order valence-corrected chi connectivity index (χ2v) is 6.69. The molecule has 0 aliphatic heterocycles. The quantitative estimate of drug-likeness (QED) is 0.821. The molecule has 120 valence electrons. The van der Waals surface area contributed by atoms with Crippen LogP contribution in [0, 0.1) is 10.7 Å². The minimum atomic E-state index is -0.0543. The number of aliphatic hydroxyl groups excluding tert-OH is 1. The van der Waals surface area contributed by atoms with Crippen LogP contribution in [0.1, 0.15) is 51.8 Å². The Balaban J connectivity index is 2.07. The maximum atomic E-state index is 9.44. The number of hydrogen-bond donors (Lipinski definition) is 1. The van der Waals surface area contributed by atoms with Gasteiger partial charge in [-0.05, 0) is 57.3 Å². The summed E-state index contributed by atoms with van der Waals surface area (Å²) < 4.78 is 4.53. The second-order valence-electron chi connectivity index (χ2n) is 6.32. The van der Waals surface area contributed by atoms with Crippen molar-refractivity contribution in [3.8, 4) is 0 Å². The topological polar surface area (TPSA) is 46.2 Å². The van der Waals surface area contributed by atoms with Crippen LogP contribution in [0.5, 0.6) is 0 Å². The Bertz CT molecular complexity index is 502. The molecule has 0 bridgehead atoms. The Morgan fingerprint density at radius 3 is 2.57 bits per heavy atom. The Labute approximate surface area is 132 Å². The van der Waals surface area contributed by atoms with E-state index in [0.29, 0.717) is 18.5 Å². The molecule has 2 rings (SSSR count). The number of rotatable bonds is 6. The molecule has 1 aromatic rings. The Hall–Kier alpha value is -0.720. The summed E-state index contributed by atoms with van der Waals surface area (Å²) in [7, 11) is 2.15. The largest absolute Gasteiger partial charge is 0.388 e. The van der Waals surface area contributed by atoms with Gasteiger partial charge in [-0.1, -0.05) is 13.8 Å². The van der Waals surface area contributed by atoms with E-state index in [-0.39, 0.29) is 6.61 Å². The van der Waals surface area contributed by atoms with Crippen molar-refractivity contribution in [1.29, 1.82) is 0 Å². The van der Waals surface area contributed by atoms with Crippen molar-refractivity contribution < 1.29 is 5.11 Å². The predicted molar refractivity (Wildman–Crippen MR) is 86.4 cm³/mol. The van der Waals surface area contributed by atoms with Gasteiger partial charge in [0.2, 0.25) is 0 Å². The molecule has 1 aliphatic carbocycles. The van der Waals surface area contributed by atoms with Gasteiger partial charge in [0.05, 0.1) is 6.67 Å². The van der Waals surface area contributed by atoms with E-state index in [1.54, 1.807) is 0 Å². The van der Waals surface area contributed by atoms with Gasteiger partial charge in [-0.15, -0.1) is 0 Å². The van der Waals surface area contributed by atoms with Gasteiger partial charge in [0.25, 0.3) is 0 Å². The lowest BCUT2D eigenvalue weighted by Gasteiger charge is -2.33.